The summed E-state index contributed by atoms with van der Waals surface area (Å²) in [5.74, 6) is 0.0958. The smallest absolute Gasteiger partial charge is 0.388 e. The van der Waals surface area contributed by atoms with Crippen molar-refractivity contribution in [1.82, 2.24) is 29.5 Å². The lowest BCUT2D eigenvalue weighted by atomic mass is 10.0. The molecule has 1 aromatic carbocycles. The lowest BCUT2D eigenvalue weighted by Gasteiger charge is -2.12. The zero-order chi connectivity index (χ0) is 22.7. The summed E-state index contributed by atoms with van der Waals surface area (Å²) in [7, 11) is 1.84. The van der Waals surface area contributed by atoms with Crippen molar-refractivity contribution in [3.63, 3.8) is 0 Å². The normalized spacial score (nSPS) is 13.9. The van der Waals surface area contributed by atoms with E-state index in [2.05, 4.69) is 25.0 Å². The molecule has 10 heteroatoms. The molecule has 0 radical (unpaired) electrons. The molecule has 166 valence electrons. The standard InChI is InChI=1S/C23H18F2N6O2/c1-30-11-14-8-13(4-6-17(14)29-30)16-9-18-21(20(28-27-18)12-2-3-12)31(22(16)32)15-5-7-19(26-10-15)33-23(24)25/h4-12,23H,2-3H2,1H3,(H,27,28). The molecule has 1 N–H and O–H groups in total. The third kappa shape index (κ3) is 3.34. The molecule has 1 saturated carbocycles. The van der Waals surface area contributed by atoms with Crippen LogP contribution in [0.4, 0.5) is 8.78 Å². The Bertz CT molecular complexity index is 1560. The first-order chi connectivity index (χ1) is 16.0. The Hall–Kier alpha value is -4.08. The number of pyridine rings is 2. The molecule has 1 aliphatic carbocycles. The molecule has 0 aliphatic heterocycles. The minimum absolute atomic E-state index is 0.217. The maximum Gasteiger partial charge on any atom is 0.388 e. The fourth-order valence-corrected chi connectivity index (χ4v) is 4.21. The minimum atomic E-state index is -2.97. The Balaban J connectivity index is 1.58. The van der Waals surface area contributed by atoms with Gasteiger partial charge in [-0.3, -0.25) is 19.1 Å². The molecule has 1 fully saturated rings. The van der Waals surface area contributed by atoms with Crippen LogP contribution in [0.5, 0.6) is 5.88 Å². The van der Waals surface area contributed by atoms with Crippen molar-refractivity contribution in [3.05, 3.63) is 64.8 Å². The number of benzene rings is 1. The number of ether oxygens (including phenoxy) is 1. The van der Waals surface area contributed by atoms with Gasteiger partial charge in [-0.05, 0) is 42.7 Å². The first kappa shape index (κ1) is 19.6. The van der Waals surface area contributed by atoms with Crippen LogP contribution in [-0.2, 0) is 7.05 Å². The molecule has 0 atom stereocenters. The quantitative estimate of drug-likeness (QED) is 0.436. The van der Waals surface area contributed by atoms with Gasteiger partial charge in [-0.1, -0.05) is 6.07 Å². The van der Waals surface area contributed by atoms with Gasteiger partial charge in [-0.2, -0.15) is 19.0 Å². The minimum Gasteiger partial charge on any atom is -0.417 e. The van der Waals surface area contributed by atoms with Crippen LogP contribution in [0, 0.1) is 0 Å². The van der Waals surface area contributed by atoms with Crippen LogP contribution >= 0.6 is 0 Å². The predicted octanol–water partition coefficient (Wildman–Crippen LogP) is 4.14. The van der Waals surface area contributed by atoms with E-state index in [0.717, 1.165) is 35.0 Å². The number of alkyl halides is 2. The van der Waals surface area contributed by atoms with Crippen LogP contribution in [0.15, 0.2) is 53.6 Å². The fraction of sp³-hybridized carbons (Fsp3) is 0.217. The Morgan fingerprint density at radius 2 is 2.00 bits per heavy atom. The molecule has 1 aliphatic rings. The van der Waals surface area contributed by atoms with Crippen LogP contribution in [0.25, 0.3) is 38.8 Å². The molecular weight excluding hydrogens is 430 g/mol. The van der Waals surface area contributed by atoms with Gasteiger partial charge in [-0.25, -0.2) is 4.98 Å². The average molecular weight is 448 g/mol. The number of H-pyrrole nitrogens is 1. The molecule has 0 amide bonds. The number of fused-ring (bicyclic) bond motifs is 2. The Kier molecular flexibility index (Phi) is 4.29. The van der Waals surface area contributed by atoms with Gasteiger partial charge >= 0.3 is 6.61 Å². The van der Waals surface area contributed by atoms with Gasteiger partial charge in [0.1, 0.15) is 5.52 Å². The van der Waals surface area contributed by atoms with E-state index < -0.39 is 6.61 Å². The van der Waals surface area contributed by atoms with Crippen molar-refractivity contribution in [2.45, 2.75) is 25.4 Å². The second kappa shape index (κ2) is 7.22. The summed E-state index contributed by atoms with van der Waals surface area (Å²) in [4.78, 5) is 17.8. The lowest BCUT2D eigenvalue weighted by molar-refractivity contribution is -0.0528. The maximum absolute atomic E-state index is 13.8. The molecule has 5 aromatic rings. The highest BCUT2D eigenvalue weighted by Gasteiger charge is 2.30. The molecule has 4 aromatic heterocycles. The third-order valence-corrected chi connectivity index (χ3v) is 5.84. The van der Waals surface area contributed by atoms with E-state index >= 15 is 0 Å². The van der Waals surface area contributed by atoms with Crippen LogP contribution in [0.1, 0.15) is 24.5 Å². The summed E-state index contributed by atoms with van der Waals surface area (Å²) in [5, 5.41) is 12.9. The Labute approximate surface area is 185 Å². The summed E-state index contributed by atoms with van der Waals surface area (Å²) in [6, 6.07) is 10.3. The first-order valence-corrected chi connectivity index (χ1v) is 10.5. The summed E-state index contributed by atoms with van der Waals surface area (Å²) < 4.78 is 32.7. The largest absolute Gasteiger partial charge is 0.417 e. The number of halogens is 2. The van der Waals surface area contributed by atoms with Gasteiger partial charge in [0.25, 0.3) is 5.56 Å². The number of hydrogen-bond acceptors (Lipinski definition) is 5. The van der Waals surface area contributed by atoms with E-state index in [1.165, 1.54) is 12.3 Å². The van der Waals surface area contributed by atoms with E-state index in [-0.39, 0.29) is 11.4 Å². The Morgan fingerprint density at radius 3 is 2.73 bits per heavy atom. The molecular formula is C23H18F2N6O2. The topological polar surface area (TPSA) is 90.6 Å². The van der Waals surface area contributed by atoms with Gasteiger partial charge < -0.3 is 4.74 Å². The van der Waals surface area contributed by atoms with Gasteiger partial charge in [0, 0.05) is 36.2 Å². The van der Waals surface area contributed by atoms with Crippen molar-refractivity contribution in [1.29, 1.82) is 0 Å². The Morgan fingerprint density at radius 1 is 1.15 bits per heavy atom. The molecule has 0 spiro atoms. The number of nitrogens with zero attached hydrogens (tertiary/aromatic N) is 5. The number of rotatable bonds is 5. The molecule has 33 heavy (non-hydrogen) atoms. The molecule has 6 rings (SSSR count). The zero-order valence-electron chi connectivity index (χ0n) is 17.5. The monoisotopic (exact) mass is 448 g/mol. The SMILES string of the molecule is Cn1cc2cc(-c3cc4n[nH]c(C5CC5)c4n(-c4ccc(OC(F)F)nc4)c3=O)ccc2n1. The van der Waals surface area contributed by atoms with Gasteiger partial charge in [0.15, 0.2) is 0 Å². The molecule has 0 unspecified atom stereocenters. The van der Waals surface area contributed by atoms with Gasteiger partial charge in [0.2, 0.25) is 5.88 Å². The highest BCUT2D eigenvalue weighted by atomic mass is 19.3. The van der Waals surface area contributed by atoms with Crippen LogP contribution in [0.3, 0.4) is 0 Å². The number of nitrogens with one attached hydrogen (secondary N) is 1. The number of aromatic nitrogens is 6. The van der Waals surface area contributed by atoms with Crippen molar-refractivity contribution in [2.75, 3.05) is 0 Å². The molecule has 8 nitrogen and oxygen atoms in total. The van der Waals surface area contributed by atoms with Crippen molar-refractivity contribution < 1.29 is 13.5 Å². The number of hydrogen-bond donors (Lipinski definition) is 1. The van der Waals surface area contributed by atoms with E-state index in [1.807, 2.05) is 31.4 Å². The van der Waals surface area contributed by atoms with E-state index in [4.69, 9.17) is 0 Å². The van der Waals surface area contributed by atoms with E-state index in [1.54, 1.807) is 21.4 Å². The van der Waals surface area contributed by atoms with E-state index in [9.17, 15) is 13.6 Å². The predicted molar refractivity (Wildman–Crippen MR) is 118 cm³/mol. The number of aryl methyl sites for hydroxylation is 1. The summed E-state index contributed by atoms with van der Waals surface area (Å²) >= 11 is 0. The first-order valence-electron chi connectivity index (χ1n) is 10.5. The van der Waals surface area contributed by atoms with Crippen molar-refractivity contribution >= 4 is 21.9 Å². The molecule has 0 saturated heterocycles. The van der Waals surface area contributed by atoms with Crippen LogP contribution in [-0.4, -0.2) is 36.1 Å². The second-order valence-electron chi connectivity index (χ2n) is 8.15. The molecule has 0 bridgehead atoms. The van der Waals surface area contributed by atoms with Crippen LogP contribution in [0.2, 0.25) is 0 Å². The summed E-state index contributed by atoms with van der Waals surface area (Å²) in [5.41, 5.74) is 4.44. The highest BCUT2D eigenvalue weighted by Crippen LogP contribution is 2.42. The highest BCUT2D eigenvalue weighted by molar-refractivity contribution is 5.88. The van der Waals surface area contributed by atoms with Crippen molar-refractivity contribution in [3.8, 4) is 22.7 Å². The maximum atomic E-state index is 13.8. The van der Waals surface area contributed by atoms with Gasteiger partial charge in [-0.15, -0.1) is 0 Å². The lowest BCUT2D eigenvalue weighted by Crippen LogP contribution is -2.21. The van der Waals surface area contributed by atoms with Gasteiger partial charge in [0.05, 0.1) is 28.6 Å². The van der Waals surface area contributed by atoms with E-state index in [0.29, 0.717) is 28.2 Å². The second-order valence-corrected chi connectivity index (χ2v) is 8.15. The fourth-order valence-electron chi connectivity index (χ4n) is 4.21. The summed E-state index contributed by atoms with van der Waals surface area (Å²) in [6.07, 6.45) is 5.28. The van der Waals surface area contributed by atoms with Crippen LogP contribution < -0.4 is 10.3 Å². The third-order valence-electron chi connectivity index (χ3n) is 5.84. The number of aromatic amines is 1. The molecule has 4 heterocycles. The zero-order valence-corrected chi connectivity index (χ0v) is 17.5. The van der Waals surface area contributed by atoms with Crippen molar-refractivity contribution in [2.24, 2.45) is 7.05 Å². The summed E-state index contributed by atoms with van der Waals surface area (Å²) in [6.45, 7) is -2.97. The average Bonchev–Trinajstić information content (AvgIpc) is 3.43.